The molecule has 0 atom stereocenters. The van der Waals surface area contributed by atoms with Gasteiger partial charge in [-0.05, 0) is 12.2 Å². The second-order valence-electron chi connectivity index (χ2n) is 1.84. The predicted molar refractivity (Wildman–Crippen MR) is 51.1 cm³/mol. The van der Waals surface area contributed by atoms with Crippen LogP contribution in [0.4, 0.5) is 0 Å². The van der Waals surface area contributed by atoms with Crippen molar-refractivity contribution in [1.82, 2.24) is 15.4 Å². The van der Waals surface area contributed by atoms with E-state index >= 15 is 0 Å². The minimum Gasteiger partial charge on any atom is -0.375 e. The predicted octanol–water partition coefficient (Wildman–Crippen LogP) is 0.230. The standard InChI is InChI=1S/C5H6ClN5S/c6-4-3(8-2-9-4)1-10-11-5(7)12/h1-2H,(H,8,9)(H3,7,11,12). The molecule has 7 heteroatoms. The molecule has 0 bridgehead atoms. The zero-order chi connectivity index (χ0) is 8.97. The first-order valence-electron chi connectivity index (χ1n) is 2.97. The van der Waals surface area contributed by atoms with Crippen molar-refractivity contribution in [2.75, 3.05) is 0 Å². The van der Waals surface area contributed by atoms with Crippen LogP contribution in [-0.4, -0.2) is 21.3 Å². The summed E-state index contributed by atoms with van der Waals surface area (Å²) in [7, 11) is 0. The summed E-state index contributed by atoms with van der Waals surface area (Å²) < 4.78 is 0. The quantitative estimate of drug-likeness (QED) is 0.365. The summed E-state index contributed by atoms with van der Waals surface area (Å²) >= 11 is 10.2. The van der Waals surface area contributed by atoms with Gasteiger partial charge < -0.3 is 10.7 Å². The van der Waals surface area contributed by atoms with Crippen molar-refractivity contribution < 1.29 is 0 Å². The molecule has 64 valence electrons. The number of hydrogen-bond donors (Lipinski definition) is 3. The van der Waals surface area contributed by atoms with E-state index in [1.54, 1.807) is 0 Å². The van der Waals surface area contributed by atoms with E-state index in [0.717, 1.165) is 0 Å². The van der Waals surface area contributed by atoms with Gasteiger partial charge in [0.15, 0.2) is 5.11 Å². The molecular formula is C5H6ClN5S. The van der Waals surface area contributed by atoms with Crippen LogP contribution in [0.25, 0.3) is 0 Å². The number of hydrazone groups is 1. The Morgan fingerprint density at radius 2 is 2.67 bits per heavy atom. The molecule has 0 aliphatic heterocycles. The lowest BCUT2D eigenvalue weighted by Gasteiger charge is -1.91. The van der Waals surface area contributed by atoms with Gasteiger partial charge in [-0.15, -0.1) is 0 Å². The average molecular weight is 204 g/mol. The number of nitrogens with zero attached hydrogens (tertiary/aromatic N) is 2. The number of rotatable bonds is 2. The number of aromatic nitrogens is 2. The number of hydrogen-bond acceptors (Lipinski definition) is 3. The molecule has 1 rings (SSSR count). The lowest BCUT2D eigenvalue weighted by atomic mass is 10.5. The van der Waals surface area contributed by atoms with E-state index in [1.165, 1.54) is 12.5 Å². The lowest BCUT2D eigenvalue weighted by molar-refractivity contribution is 1.04. The van der Waals surface area contributed by atoms with Crippen molar-refractivity contribution in [3.63, 3.8) is 0 Å². The molecule has 0 spiro atoms. The third-order valence-electron chi connectivity index (χ3n) is 0.981. The van der Waals surface area contributed by atoms with Crippen LogP contribution >= 0.6 is 23.8 Å². The van der Waals surface area contributed by atoms with Crippen LogP contribution in [0.5, 0.6) is 0 Å². The molecule has 0 aliphatic carbocycles. The molecule has 0 saturated heterocycles. The summed E-state index contributed by atoms with van der Waals surface area (Å²) in [4.78, 5) is 6.53. The number of nitrogens with two attached hydrogens (primary N) is 1. The number of aromatic amines is 1. The number of thiocarbonyl (C=S) groups is 1. The van der Waals surface area contributed by atoms with Crippen molar-refractivity contribution in [2.45, 2.75) is 0 Å². The third kappa shape index (κ3) is 2.48. The normalized spacial score (nSPS) is 10.4. The van der Waals surface area contributed by atoms with E-state index in [4.69, 9.17) is 17.3 Å². The van der Waals surface area contributed by atoms with Gasteiger partial charge in [-0.1, -0.05) is 11.6 Å². The van der Waals surface area contributed by atoms with E-state index in [1.807, 2.05) is 0 Å². The molecule has 0 fully saturated rings. The monoisotopic (exact) mass is 203 g/mol. The Morgan fingerprint density at radius 1 is 1.92 bits per heavy atom. The molecule has 0 radical (unpaired) electrons. The fourth-order valence-electron chi connectivity index (χ4n) is 0.536. The first kappa shape index (κ1) is 8.95. The minimum absolute atomic E-state index is 0.0953. The van der Waals surface area contributed by atoms with Crippen LogP contribution < -0.4 is 11.2 Å². The Labute approximate surface area is 79.0 Å². The highest BCUT2D eigenvalue weighted by atomic mass is 35.5. The number of H-pyrrole nitrogens is 1. The fraction of sp³-hybridized carbons (Fsp3) is 0. The zero-order valence-electron chi connectivity index (χ0n) is 5.91. The summed E-state index contributed by atoms with van der Waals surface area (Å²) in [6.07, 6.45) is 2.88. The van der Waals surface area contributed by atoms with E-state index in [0.29, 0.717) is 10.8 Å². The van der Waals surface area contributed by atoms with Crippen molar-refractivity contribution >= 4 is 35.1 Å². The van der Waals surface area contributed by atoms with Crippen LogP contribution in [0.1, 0.15) is 5.69 Å². The third-order valence-corrected chi connectivity index (χ3v) is 1.38. The van der Waals surface area contributed by atoms with Gasteiger partial charge in [-0.3, -0.25) is 5.43 Å². The highest BCUT2D eigenvalue weighted by Crippen LogP contribution is 2.05. The van der Waals surface area contributed by atoms with Gasteiger partial charge in [0, 0.05) is 0 Å². The van der Waals surface area contributed by atoms with E-state index in [2.05, 4.69) is 32.7 Å². The Balaban J connectivity index is 2.57. The maximum atomic E-state index is 5.65. The highest BCUT2D eigenvalue weighted by molar-refractivity contribution is 7.80. The Hall–Kier alpha value is -1.14. The van der Waals surface area contributed by atoms with Gasteiger partial charge >= 0.3 is 0 Å². The van der Waals surface area contributed by atoms with Crippen LogP contribution in [-0.2, 0) is 0 Å². The van der Waals surface area contributed by atoms with Crippen LogP contribution in [0.3, 0.4) is 0 Å². The summed E-state index contributed by atoms with van der Waals surface area (Å²) in [6, 6.07) is 0. The van der Waals surface area contributed by atoms with Crippen LogP contribution in [0.2, 0.25) is 5.15 Å². The summed E-state index contributed by atoms with van der Waals surface area (Å²) in [5.74, 6) is 0. The molecular weight excluding hydrogens is 198 g/mol. The number of nitrogens with one attached hydrogen (secondary N) is 2. The molecule has 1 aromatic rings. The molecule has 0 unspecified atom stereocenters. The topological polar surface area (TPSA) is 79.1 Å². The Morgan fingerprint density at radius 3 is 3.17 bits per heavy atom. The Bertz CT molecular complexity index is 307. The maximum absolute atomic E-state index is 5.65. The van der Waals surface area contributed by atoms with Crippen LogP contribution in [0, 0.1) is 0 Å². The van der Waals surface area contributed by atoms with Gasteiger partial charge in [0.2, 0.25) is 0 Å². The first-order chi connectivity index (χ1) is 5.70. The second kappa shape index (κ2) is 4.03. The molecule has 0 aromatic carbocycles. The van der Waals surface area contributed by atoms with Gasteiger partial charge in [-0.2, -0.15) is 5.10 Å². The van der Waals surface area contributed by atoms with Gasteiger partial charge in [0.1, 0.15) is 10.8 Å². The zero-order valence-corrected chi connectivity index (χ0v) is 7.49. The molecule has 1 heterocycles. The van der Waals surface area contributed by atoms with Gasteiger partial charge in [-0.25, -0.2) is 4.98 Å². The minimum atomic E-state index is 0.0953. The number of halogens is 1. The Kier molecular flexibility index (Phi) is 3.01. The molecule has 0 aliphatic rings. The van der Waals surface area contributed by atoms with Crippen molar-refractivity contribution in [2.24, 2.45) is 10.8 Å². The van der Waals surface area contributed by atoms with Gasteiger partial charge in [0.05, 0.1) is 12.5 Å². The van der Waals surface area contributed by atoms with E-state index < -0.39 is 0 Å². The summed E-state index contributed by atoms with van der Waals surface area (Å²) in [5, 5.41) is 4.18. The van der Waals surface area contributed by atoms with Crippen molar-refractivity contribution in [1.29, 1.82) is 0 Å². The fourth-order valence-corrected chi connectivity index (χ4v) is 0.735. The summed E-state index contributed by atoms with van der Waals surface area (Å²) in [6.45, 7) is 0. The molecule has 12 heavy (non-hydrogen) atoms. The SMILES string of the molecule is NC(=S)NN=Cc1nc[nH]c1Cl. The maximum Gasteiger partial charge on any atom is 0.184 e. The first-order valence-corrected chi connectivity index (χ1v) is 3.76. The van der Waals surface area contributed by atoms with Gasteiger partial charge in [0.25, 0.3) is 0 Å². The van der Waals surface area contributed by atoms with E-state index in [-0.39, 0.29) is 5.11 Å². The number of imidazole rings is 1. The molecule has 4 N–H and O–H groups in total. The van der Waals surface area contributed by atoms with E-state index in [9.17, 15) is 0 Å². The average Bonchev–Trinajstić information content (AvgIpc) is 2.36. The lowest BCUT2D eigenvalue weighted by Crippen LogP contribution is -2.24. The second-order valence-corrected chi connectivity index (χ2v) is 2.65. The van der Waals surface area contributed by atoms with Crippen LogP contribution in [0.15, 0.2) is 11.4 Å². The molecule has 0 amide bonds. The summed E-state index contributed by atoms with van der Waals surface area (Å²) in [5.41, 5.74) is 8.02. The molecule has 0 saturated carbocycles. The van der Waals surface area contributed by atoms with Crippen molar-refractivity contribution in [3.8, 4) is 0 Å². The molecule has 5 nitrogen and oxygen atoms in total. The smallest absolute Gasteiger partial charge is 0.184 e. The molecule has 1 aromatic heterocycles. The highest BCUT2D eigenvalue weighted by Gasteiger charge is 1.97. The van der Waals surface area contributed by atoms with Crippen molar-refractivity contribution in [3.05, 3.63) is 17.2 Å². The largest absolute Gasteiger partial charge is 0.375 e.